The van der Waals surface area contributed by atoms with E-state index >= 15 is 0 Å². The smallest absolute Gasteiger partial charge is 0.316 e. The number of amides is 4. The molecule has 2 aliphatic rings. The Morgan fingerprint density at radius 1 is 1.16 bits per heavy atom. The van der Waals surface area contributed by atoms with E-state index in [4.69, 9.17) is 10.7 Å². The summed E-state index contributed by atoms with van der Waals surface area (Å²) >= 11 is 0. The Hall–Kier alpha value is -4.19. The number of fused-ring (bicyclic) bond motifs is 2. The van der Waals surface area contributed by atoms with Crippen molar-refractivity contribution in [1.82, 2.24) is 9.80 Å². The molecule has 2 aliphatic heterocycles. The Labute approximate surface area is 227 Å². The van der Waals surface area contributed by atoms with Gasteiger partial charge in [0, 0.05) is 36.1 Å². The van der Waals surface area contributed by atoms with Crippen LogP contribution >= 0.6 is 0 Å². The molecule has 1 spiro atoms. The van der Waals surface area contributed by atoms with Gasteiger partial charge in [-0.2, -0.15) is 0 Å². The summed E-state index contributed by atoms with van der Waals surface area (Å²) in [6.45, 7) is 9.86. The van der Waals surface area contributed by atoms with Crippen LogP contribution in [-0.2, 0) is 24.6 Å². The molecule has 0 radical (unpaired) electrons. The number of nitrogens with one attached hydrogen (secondary N) is 1. The van der Waals surface area contributed by atoms with Crippen LogP contribution in [0.4, 0.5) is 11.4 Å². The van der Waals surface area contributed by atoms with Crippen molar-refractivity contribution in [1.29, 1.82) is 0 Å². The first-order valence-electron chi connectivity index (χ1n) is 13.9. The normalized spacial score (nSPS) is 22.4. The van der Waals surface area contributed by atoms with Gasteiger partial charge in [0.25, 0.3) is 5.91 Å². The van der Waals surface area contributed by atoms with Gasteiger partial charge in [0.15, 0.2) is 0 Å². The minimum absolute atomic E-state index is 0.0186. The number of benzene rings is 2. The zero-order valence-corrected chi connectivity index (χ0v) is 21.9. The van der Waals surface area contributed by atoms with Gasteiger partial charge < -0.3 is 15.1 Å². The summed E-state index contributed by atoms with van der Waals surface area (Å²) in [5.41, 5.74) is -0.219. The van der Waals surface area contributed by atoms with Gasteiger partial charge in [-0.1, -0.05) is 57.2 Å². The van der Waals surface area contributed by atoms with Crippen molar-refractivity contribution in [3.63, 3.8) is 0 Å². The molecule has 1 fully saturated rings. The second-order valence-corrected chi connectivity index (χ2v) is 11.0. The lowest BCUT2D eigenvalue weighted by Gasteiger charge is -2.35. The van der Waals surface area contributed by atoms with Crippen LogP contribution in [0.5, 0.6) is 0 Å². The van der Waals surface area contributed by atoms with Crippen LogP contribution in [0.25, 0.3) is 4.85 Å². The molecule has 0 unspecified atom stereocenters. The summed E-state index contributed by atoms with van der Waals surface area (Å²) in [6, 6.07) is 13.7. The first-order valence-corrected chi connectivity index (χ1v) is 12.4. The van der Waals surface area contributed by atoms with Crippen molar-refractivity contribution >= 4 is 35.0 Å². The molecule has 4 amide bonds. The Morgan fingerprint density at radius 2 is 1.82 bits per heavy atom. The summed E-state index contributed by atoms with van der Waals surface area (Å²) in [6.07, 6.45) is -1.15. The van der Waals surface area contributed by atoms with Crippen LogP contribution in [0.3, 0.4) is 0 Å². The van der Waals surface area contributed by atoms with Crippen molar-refractivity contribution in [2.45, 2.75) is 51.2 Å². The Bertz CT molecular complexity index is 1420. The van der Waals surface area contributed by atoms with Crippen molar-refractivity contribution in [2.24, 2.45) is 5.41 Å². The molecule has 2 heterocycles. The molecule has 4 rings (SSSR count). The van der Waals surface area contributed by atoms with E-state index in [9.17, 15) is 19.2 Å². The third-order valence-electron chi connectivity index (χ3n) is 7.14. The topological polar surface area (TPSA) is 94.4 Å². The Balaban J connectivity index is 1.74. The molecular weight excluding hydrogens is 482 g/mol. The SMILES string of the molecule is [2H]C([2H])([2H])N(C(=O)C(=O)N(C)c1ccccc1)[C@@H](CC(C)(C)C)C(=O)N1C[C@]2(C[C@H]1[N+]#[C-])C(=O)Nc1ccccc12. The van der Waals surface area contributed by atoms with Gasteiger partial charge in [-0.05, 0) is 35.6 Å². The average Bonchev–Trinajstić information content (AvgIpc) is 3.43. The van der Waals surface area contributed by atoms with Crippen LogP contribution in [0.1, 0.15) is 43.3 Å². The Kier molecular flexibility index (Phi) is 6.00. The summed E-state index contributed by atoms with van der Waals surface area (Å²) in [4.78, 5) is 60.7. The third-order valence-corrected chi connectivity index (χ3v) is 7.14. The molecule has 0 bridgehead atoms. The van der Waals surface area contributed by atoms with E-state index in [1.807, 2.05) is 0 Å². The number of rotatable bonds is 4. The molecule has 198 valence electrons. The minimum atomic E-state index is -3.15. The lowest BCUT2D eigenvalue weighted by molar-refractivity contribution is -0.150. The highest BCUT2D eigenvalue weighted by atomic mass is 16.2. The highest BCUT2D eigenvalue weighted by molar-refractivity contribution is 6.40. The van der Waals surface area contributed by atoms with E-state index < -0.39 is 47.7 Å². The van der Waals surface area contributed by atoms with Crippen LogP contribution in [-0.4, -0.2) is 66.2 Å². The monoisotopic (exact) mass is 518 g/mol. The van der Waals surface area contributed by atoms with Crippen LogP contribution in [0, 0.1) is 12.0 Å². The van der Waals surface area contributed by atoms with Crippen LogP contribution < -0.4 is 10.2 Å². The molecule has 0 saturated carbocycles. The fourth-order valence-electron chi connectivity index (χ4n) is 5.17. The number of carbonyl (C=O) groups is 4. The Morgan fingerprint density at radius 3 is 2.45 bits per heavy atom. The van der Waals surface area contributed by atoms with Crippen LogP contribution in [0.2, 0.25) is 0 Å². The number of para-hydroxylation sites is 2. The van der Waals surface area contributed by atoms with E-state index in [-0.39, 0.29) is 25.3 Å². The maximum absolute atomic E-state index is 14.3. The van der Waals surface area contributed by atoms with Gasteiger partial charge in [-0.25, -0.2) is 6.57 Å². The number of hydrogen-bond acceptors (Lipinski definition) is 4. The maximum atomic E-state index is 14.3. The fourth-order valence-corrected chi connectivity index (χ4v) is 5.17. The highest BCUT2D eigenvalue weighted by Crippen LogP contribution is 2.47. The number of hydrogen-bond donors (Lipinski definition) is 1. The highest BCUT2D eigenvalue weighted by Gasteiger charge is 2.59. The number of likely N-dealkylation sites (N-methyl/N-ethyl adjacent to an activating group) is 2. The van der Waals surface area contributed by atoms with E-state index in [2.05, 4.69) is 10.2 Å². The average molecular weight is 519 g/mol. The van der Waals surface area contributed by atoms with E-state index in [0.29, 0.717) is 21.8 Å². The quantitative estimate of drug-likeness (QED) is 0.497. The molecule has 0 aromatic heterocycles. The second-order valence-electron chi connectivity index (χ2n) is 11.0. The molecule has 0 aliphatic carbocycles. The number of likely N-dealkylation sites (tertiary alicyclic amines) is 1. The first-order chi connectivity index (χ1) is 19.1. The lowest BCUT2D eigenvalue weighted by Crippen LogP contribution is -2.55. The molecule has 2 aromatic carbocycles. The zero-order valence-electron chi connectivity index (χ0n) is 24.9. The van der Waals surface area contributed by atoms with E-state index in [0.717, 1.165) is 4.90 Å². The molecule has 3 atom stereocenters. The minimum Gasteiger partial charge on any atom is -0.325 e. The number of carbonyl (C=O) groups excluding carboxylic acids is 4. The van der Waals surface area contributed by atoms with Crippen molar-refractivity contribution in [2.75, 3.05) is 30.8 Å². The molecule has 1 N–H and O–H groups in total. The van der Waals surface area contributed by atoms with E-state index in [1.54, 1.807) is 75.4 Å². The largest absolute Gasteiger partial charge is 0.325 e. The summed E-state index contributed by atoms with van der Waals surface area (Å²) in [5.74, 6) is -3.63. The van der Waals surface area contributed by atoms with Gasteiger partial charge in [-0.15, -0.1) is 0 Å². The standard InChI is InChI=1S/C29H33N5O4/c1-28(2,3)16-22(33(6)26(37)25(36)32(5)19-12-8-7-9-13-19)24(35)34-18-29(17-23(34)30-4)20-14-10-11-15-21(20)31-27(29)38/h7-15,22-23H,16-18H2,1-3,5-6H3,(H,31,38)/t22-,23-,29-/m0/s1/i6D3. The lowest BCUT2D eigenvalue weighted by atomic mass is 9.80. The molecule has 1 saturated heterocycles. The van der Waals surface area contributed by atoms with Gasteiger partial charge in [0.05, 0.1) is 6.42 Å². The molecule has 9 heteroatoms. The van der Waals surface area contributed by atoms with Crippen molar-refractivity contribution < 1.29 is 23.3 Å². The summed E-state index contributed by atoms with van der Waals surface area (Å²) < 4.78 is 24.7. The summed E-state index contributed by atoms with van der Waals surface area (Å²) in [7, 11) is 1.35. The van der Waals surface area contributed by atoms with Gasteiger partial charge in [0.2, 0.25) is 5.91 Å². The first kappa shape index (κ1) is 23.0. The predicted octanol–water partition coefficient (Wildman–Crippen LogP) is 3.28. The number of anilines is 2. The molecule has 2 aromatic rings. The van der Waals surface area contributed by atoms with Crippen molar-refractivity contribution in [3.05, 3.63) is 71.6 Å². The molecule has 38 heavy (non-hydrogen) atoms. The fraction of sp³-hybridized carbons (Fsp3) is 0.414. The predicted molar refractivity (Wildman–Crippen MR) is 144 cm³/mol. The molecular formula is C29H33N5O4. The van der Waals surface area contributed by atoms with Gasteiger partial charge in [-0.3, -0.25) is 28.9 Å². The maximum Gasteiger partial charge on any atom is 0.316 e. The second kappa shape index (κ2) is 9.93. The summed E-state index contributed by atoms with van der Waals surface area (Å²) in [5, 5.41) is 2.83. The van der Waals surface area contributed by atoms with Gasteiger partial charge >= 0.3 is 18.0 Å². The van der Waals surface area contributed by atoms with Crippen LogP contribution in [0.15, 0.2) is 54.6 Å². The zero-order chi connectivity index (χ0) is 30.3. The van der Waals surface area contributed by atoms with Crippen molar-refractivity contribution in [3.8, 4) is 0 Å². The molecule has 9 nitrogen and oxygen atoms in total. The van der Waals surface area contributed by atoms with E-state index in [1.165, 1.54) is 11.9 Å². The number of nitrogens with zero attached hydrogens (tertiary/aromatic N) is 4. The third kappa shape index (κ3) is 4.74. The van der Waals surface area contributed by atoms with Gasteiger partial charge in [0.1, 0.15) is 11.5 Å².